The number of nitrogens with zero attached hydrogens (tertiary/aromatic N) is 2. The zero-order valence-corrected chi connectivity index (χ0v) is 20.4. The molecule has 0 aliphatic rings. The summed E-state index contributed by atoms with van der Waals surface area (Å²) >= 11 is 1.58. The number of aromatic hydroxyl groups is 1. The maximum absolute atomic E-state index is 10.3. The summed E-state index contributed by atoms with van der Waals surface area (Å²) in [4.78, 5) is 9.54. The molecule has 33 heavy (non-hydrogen) atoms. The average molecular weight is 625 g/mol. The number of hydrogen-bond acceptors (Lipinski definition) is 4. The van der Waals surface area contributed by atoms with Gasteiger partial charge >= 0.3 is 0 Å². The fourth-order valence-corrected chi connectivity index (χ4v) is 4.97. The topological polar surface area (TPSA) is 46.0 Å². The number of aromatic nitrogens is 2. The number of thiazole rings is 1. The van der Waals surface area contributed by atoms with Crippen LogP contribution in [-0.2, 0) is 21.1 Å². The van der Waals surface area contributed by atoms with Crippen molar-refractivity contribution >= 4 is 32.3 Å². The molecule has 6 aromatic rings. The van der Waals surface area contributed by atoms with Gasteiger partial charge in [-0.05, 0) is 29.0 Å². The van der Waals surface area contributed by atoms with Crippen LogP contribution in [0.3, 0.4) is 0 Å². The molecule has 2 aromatic heterocycles. The number of benzene rings is 4. The van der Waals surface area contributed by atoms with Gasteiger partial charge in [-0.3, -0.25) is 4.98 Å². The Morgan fingerprint density at radius 1 is 0.727 bits per heavy atom. The van der Waals surface area contributed by atoms with E-state index < -0.39 is 0 Å². The molecular formula is C28H17N2OPtS-. The van der Waals surface area contributed by atoms with Crippen LogP contribution in [0.15, 0.2) is 97.2 Å². The van der Waals surface area contributed by atoms with Crippen molar-refractivity contribution in [3.63, 3.8) is 0 Å². The van der Waals surface area contributed by atoms with E-state index in [9.17, 15) is 5.11 Å². The van der Waals surface area contributed by atoms with Crippen LogP contribution < -0.4 is 0 Å². The molecule has 0 atom stereocenters. The Hall–Kier alpha value is -3.33. The molecule has 0 fully saturated rings. The monoisotopic (exact) mass is 624 g/mol. The SMILES string of the molecule is Oc1ccccc1-c1nc2c(-c3[c-]c(-c4cc5ccccc5cn4)ccc3)cccc2s1.[Pt]. The molecule has 0 aliphatic carbocycles. The van der Waals surface area contributed by atoms with Crippen LogP contribution in [0.1, 0.15) is 0 Å². The van der Waals surface area contributed by atoms with Gasteiger partial charge in [0.25, 0.3) is 0 Å². The second-order valence-corrected chi connectivity index (χ2v) is 8.61. The number of rotatable bonds is 3. The quantitative estimate of drug-likeness (QED) is 0.210. The van der Waals surface area contributed by atoms with E-state index >= 15 is 0 Å². The molecule has 0 spiro atoms. The molecule has 0 bridgehead atoms. The molecule has 4 aromatic carbocycles. The summed E-state index contributed by atoms with van der Waals surface area (Å²) in [5, 5.41) is 13.3. The van der Waals surface area contributed by atoms with E-state index in [1.165, 1.54) is 0 Å². The van der Waals surface area contributed by atoms with Gasteiger partial charge in [0.15, 0.2) is 0 Å². The molecule has 6 rings (SSSR count). The van der Waals surface area contributed by atoms with Crippen molar-refractivity contribution in [2.45, 2.75) is 0 Å². The molecule has 0 unspecified atom stereocenters. The number of para-hydroxylation sites is 2. The minimum Gasteiger partial charge on any atom is -0.507 e. The summed E-state index contributed by atoms with van der Waals surface area (Å²) in [6.07, 6.45) is 1.91. The van der Waals surface area contributed by atoms with Crippen LogP contribution in [0.5, 0.6) is 5.75 Å². The predicted molar refractivity (Wildman–Crippen MR) is 132 cm³/mol. The van der Waals surface area contributed by atoms with Crippen molar-refractivity contribution in [2.24, 2.45) is 0 Å². The Morgan fingerprint density at radius 3 is 2.33 bits per heavy atom. The summed E-state index contributed by atoms with van der Waals surface area (Å²) in [6.45, 7) is 0. The molecule has 0 saturated carbocycles. The Bertz CT molecular complexity index is 1610. The maximum atomic E-state index is 10.3. The summed E-state index contributed by atoms with van der Waals surface area (Å²) in [5.41, 5.74) is 5.49. The van der Waals surface area contributed by atoms with Crippen molar-refractivity contribution < 1.29 is 26.2 Å². The van der Waals surface area contributed by atoms with Crippen LogP contribution in [-0.4, -0.2) is 15.1 Å². The van der Waals surface area contributed by atoms with Gasteiger partial charge in [0, 0.05) is 37.7 Å². The standard InChI is InChI=1S/C28H17N2OS.Pt/c31-25-13-4-3-11-23(25)28-30-27-22(12-6-14-26(27)32-28)19-9-5-10-20(15-19)24-16-18-7-1-2-8-21(18)17-29-24;/h1-14,16-17,31H;/q-1;. The molecule has 0 radical (unpaired) electrons. The number of pyridine rings is 1. The van der Waals surface area contributed by atoms with Crippen LogP contribution in [0, 0.1) is 6.07 Å². The van der Waals surface area contributed by atoms with Crippen molar-refractivity contribution in [2.75, 3.05) is 0 Å². The number of fused-ring (bicyclic) bond motifs is 2. The first-order valence-corrected chi connectivity index (χ1v) is 11.1. The molecule has 0 aliphatic heterocycles. The van der Waals surface area contributed by atoms with E-state index in [0.717, 1.165) is 53.9 Å². The fraction of sp³-hybridized carbons (Fsp3) is 0. The summed E-state index contributed by atoms with van der Waals surface area (Å²) in [7, 11) is 0. The third-order valence-corrected chi connectivity index (χ3v) is 6.60. The van der Waals surface area contributed by atoms with Gasteiger partial charge < -0.3 is 5.11 Å². The largest absolute Gasteiger partial charge is 0.507 e. The van der Waals surface area contributed by atoms with E-state index in [1.54, 1.807) is 17.4 Å². The van der Waals surface area contributed by atoms with E-state index in [1.807, 2.05) is 54.7 Å². The third kappa shape index (κ3) is 3.97. The number of phenolic OH excluding ortho intramolecular Hbond substituents is 1. The van der Waals surface area contributed by atoms with Gasteiger partial charge in [0.05, 0.1) is 11.1 Å². The molecule has 1 N–H and O–H groups in total. The first-order chi connectivity index (χ1) is 15.8. The number of phenols is 1. The van der Waals surface area contributed by atoms with Crippen molar-refractivity contribution in [3.8, 4) is 38.7 Å². The van der Waals surface area contributed by atoms with Gasteiger partial charge in [-0.2, -0.15) is 0 Å². The first-order valence-electron chi connectivity index (χ1n) is 10.3. The summed E-state index contributed by atoms with van der Waals surface area (Å²) in [6, 6.07) is 33.5. The van der Waals surface area contributed by atoms with Gasteiger partial charge in [0.1, 0.15) is 10.8 Å². The van der Waals surface area contributed by atoms with Crippen molar-refractivity contribution in [1.82, 2.24) is 9.97 Å². The smallest absolute Gasteiger partial charge is 0.127 e. The zero-order chi connectivity index (χ0) is 21.5. The van der Waals surface area contributed by atoms with Crippen LogP contribution in [0.4, 0.5) is 0 Å². The van der Waals surface area contributed by atoms with Crippen molar-refractivity contribution in [1.29, 1.82) is 0 Å². The zero-order valence-electron chi connectivity index (χ0n) is 17.3. The summed E-state index contributed by atoms with van der Waals surface area (Å²) < 4.78 is 1.07. The fourth-order valence-electron chi connectivity index (χ4n) is 3.94. The normalized spacial score (nSPS) is 10.9. The van der Waals surface area contributed by atoms with E-state index in [2.05, 4.69) is 47.4 Å². The van der Waals surface area contributed by atoms with Crippen LogP contribution in [0.2, 0.25) is 0 Å². The minimum absolute atomic E-state index is 0. The van der Waals surface area contributed by atoms with Gasteiger partial charge in [-0.15, -0.1) is 41.2 Å². The predicted octanol–water partition coefficient (Wildman–Crippen LogP) is 7.35. The van der Waals surface area contributed by atoms with Crippen LogP contribution >= 0.6 is 11.3 Å². The Labute approximate surface area is 209 Å². The molecule has 5 heteroatoms. The molecule has 162 valence electrons. The minimum atomic E-state index is 0. The van der Waals surface area contributed by atoms with E-state index in [-0.39, 0.29) is 26.8 Å². The Morgan fingerprint density at radius 2 is 1.45 bits per heavy atom. The van der Waals surface area contributed by atoms with Crippen molar-refractivity contribution in [3.05, 3.63) is 103 Å². The average Bonchev–Trinajstić information content (AvgIpc) is 3.28. The molecule has 2 heterocycles. The Balaban J connectivity index is 0.00000228. The first kappa shape index (κ1) is 21.5. The van der Waals surface area contributed by atoms with Gasteiger partial charge in [-0.1, -0.05) is 65.7 Å². The second kappa shape index (κ2) is 8.90. The molecular weight excluding hydrogens is 607 g/mol. The molecule has 3 nitrogen and oxygen atoms in total. The van der Waals surface area contributed by atoms with E-state index in [0.29, 0.717) is 0 Å². The number of hydrogen-bond donors (Lipinski definition) is 1. The van der Waals surface area contributed by atoms with E-state index in [4.69, 9.17) is 4.98 Å². The molecule has 0 amide bonds. The van der Waals surface area contributed by atoms with Gasteiger partial charge in [-0.25, -0.2) is 4.98 Å². The summed E-state index contributed by atoms with van der Waals surface area (Å²) in [5.74, 6) is 0.240. The van der Waals surface area contributed by atoms with Crippen LogP contribution in [0.25, 0.3) is 53.9 Å². The van der Waals surface area contributed by atoms with Gasteiger partial charge in [0.2, 0.25) is 0 Å². The Kier molecular flexibility index (Phi) is 5.80. The maximum Gasteiger partial charge on any atom is 0.127 e. The second-order valence-electron chi connectivity index (χ2n) is 7.58. The molecule has 0 saturated heterocycles. The third-order valence-electron chi connectivity index (χ3n) is 5.55.